The molecular formula is C19H18N2O. The van der Waals surface area contributed by atoms with Crippen LogP contribution in [0.3, 0.4) is 0 Å². The zero-order valence-electron chi connectivity index (χ0n) is 12.3. The Labute approximate surface area is 130 Å². The number of carbonyl (C=O) groups is 1. The molecule has 0 atom stereocenters. The van der Waals surface area contributed by atoms with Gasteiger partial charge in [-0.15, -0.1) is 0 Å². The molecule has 0 aliphatic heterocycles. The summed E-state index contributed by atoms with van der Waals surface area (Å²) in [5, 5.41) is 4.30. The summed E-state index contributed by atoms with van der Waals surface area (Å²) in [5.74, 6) is 0.167. The van der Waals surface area contributed by atoms with Crippen LogP contribution in [0.15, 0.2) is 71.8 Å². The maximum Gasteiger partial charge on any atom is 0.243 e. The SMILES string of the molecule is O=C(N/N=C(\C=C\c1ccccc1)c1ccccc1)C1CC1. The Hall–Kier alpha value is -2.68. The van der Waals surface area contributed by atoms with Gasteiger partial charge in [0.05, 0.1) is 5.71 Å². The van der Waals surface area contributed by atoms with Gasteiger partial charge in [0.15, 0.2) is 0 Å². The van der Waals surface area contributed by atoms with Gasteiger partial charge in [-0.1, -0.05) is 66.7 Å². The number of amides is 1. The van der Waals surface area contributed by atoms with Crippen LogP contribution in [-0.2, 0) is 4.79 Å². The molecule has 0 bridgehead atoms. The van der Waals surface area contributed by atoms with E-state index in [9.17, 15) is 4.79 Å². The predicted octanol–water partition coefficient (Wildman–Crippen LogP) is 3.63. The molecule has 3 nitrogen and oxygen atoms in total. The fourth-order valence-electron chi connectivity index (χ4n) is 2.10. The van der Waals surface area contributed by atoms with Crippen LogP contribution >= 0.6 is 0 Å². The van der Waals surface area contributed by atoms with Crippen LogP contribution in [-0.4, -0.2) is 11.6 Å². The summed E-state index contributed by atoms with van der Waals surface area (Å²) >= 11 is 0. The maximum atomic E-state index is 11.8. The summed E-state index contributed by atoms with van der Waals surface area (Å²) in [6, 6.07) is 19.9. The van der Waals surface area contributed by atoms with Crippen molar-refractivity contribution in [1.82, 2.24) is 5.43 Å². The van der Waals surface area contributed by atoms with E-state index in [0.717, 1.165) is 29.7 Å². The van der Waals surface area contributed by atoms with Crippen LogP contribution in [0, 0.1) is 5.92 Å². The molecule has 1 saturated carbocycles. The van der Waals surface area contributed by atoms with Gasteiger partial charge in [-0.05, 0) is 24.5 Å². The minimum absolute atomic E-state index is 0.0153. The van der Waals surface area contributed by atoms with Gasteiger partial charge in [0.2, 0.25) is 5.91 Å². The fourth-order valence-corrected chi connectivity index (χ4v) is 2.10. The number of nitrogens with zero attached hydrogens (tertiary/aromatic N) is 1. The Morgan fingerprint density at radius 3 is 2.27 bits per heavy atom. The van der Waals surface area contributed by atoms with E-state index in [2.05, 4.69) is 10.5 Å². The lowest BCUT2D eigenvalue weighted by Gasteiger charge is -2.03. The van der Waals surface area contributed by atoms with Crippen molar-refractivity contribution in [3.05, 3.63) is 77.9 Å². The third-order valence-corrected chi connectivity index (χ3v) is 3.54. The van der Waals surface area contributed by atoms with Gasteiger partial charge in [0, 0.05) is 11.5 Å². The molecule has 2 aromatic carbocycles. The van der Waals surface area contributed by atoms with E-state index in [0.29, 0.717) is 0 Å². The van der Waals surface area contributed by atoms with E-state index >= 15 is 0 Å². The molecule has 1 fully saturated rings. The van der Waals surface area contributed by atoms with Crippen molar-refractivity contribution in [2.45, 2.75) is 12.8 Å². The Morgan fingerprint density at radius 1 is 1.00 bits per heavy atom. The number of rotatable bonds is 5. The molecule has 1 N–H and O–H groups in total. The normalized spacial score (nSPS) is 15.0. The quantitative estimate of drug-likeness (QED) is 0.663. The topological polar surface area (TPSA) is 41.5 Å². The average molecular weight is 290 g/mol. The number of allylic oxidation sites excluding steroid dienone is 1. The van der Waals surface area contributed by atoms with Crippen LogP contribution in [0.1, 0.15) is 24.0 Å². The molecule has 110 valence electrons. The predicted molar refractivity (Wildman–Crippen MR) is 89.3 cm³/mol. The molecule has 3 heteroatoms. The smallest absolute Gasteiger partial charge is 0.243 e. The highest BCUT2D eigenvalue weighted by Gasteiger charge is 2.29. The summed E-state index contributed by atoms with van der Waals surface area (Å²) in [5.41, 5.74) is 5.50. The van der Waals surface area contributed by atoms with Crippen molar-refractivity contribution >= 4 is 17.7 Å². The van der Waals surface area contributed by atoms with Crippen molar-refractivity contribution in [2.75, 3.05) is 0 Å². The van der Waals surface area contributed by atoms with Crippen molar-refractivity contribution in [2.24, 2.45) is 11.0 Å². The molecule has 1 amide bonds. The molecule has 0 radical (unpaired) electrons. The molecule has 0 aromatic heterocycles. The van der Waals surface area contributed by atoms with Crippen LogP contribution in [0.25, 0.3) is 6.08 Å². The lowest BCUT2D eigenvalue weighted by atomic mass is 10.1. The van der Waals surface area contributed by atoms with E-state index in [4.69, 9.17) is 0 Å². The molecule has 0 spiro atoms. The van der Waals surface area contributed by atoms with Gasteiger partial charge in [-0.25, -0.2) is 5.43 Å². The molecule has 1 aliphatic carbocycles. The van der Waals surface area contributed by atoms with Crippen LogP contribution in [0.2, 0.25) is 0 Å². The second kappa shape index (κ2) is 6.85. The number of carbonyl (C=O) groups excluding carboxylic acids is 1. The largest absolute Gasteiger partial charge is 0.273 e. The summed E-state index contributed by atoms with van der Waals surface area (Å²) in [6.07, 6.45) is 5.87. The van der Waals surface area contributed by atoms with Crippen LogP contribution in [0.4, 0.5) is 0 Å². The zero-order chi connectivity index (χ0) is 15.2. The monoisotopic (exact) mass is 290 g/mol. The minimum atomic E-state index is 0.0153. The van der Waals surface area contributed by atoms with E-state index in [1.807, 2.05) is 72.8 Å². The van der Waals surface area contributed by atoms with Crippen molar-refractivity contribution in [1.29, 1.82) is 0 Å². The second-order valence-corrected chi connectivity index (χ2v) is 5.36. The minimum Gasteiger partial charge on any atom is -0.273 e. The summed E-state index contributed by atoms with van der Waals surface area (Å²) in [4.78, 5) is 11.8. The van der Waals surface area contributed by atoms with Crippen molar-refractivity contribution in [3.63, 3.8) is 0 Å². The van der Waals surface area contributed by atoms with Gasteiger partial charge in [0.25, 0.3) is 0 Å². The molecule has 22 heavy (non-hydrogen) atoms. The average Bonchev–Trinajstić information content (AvgIpc) is 3.41. The van der Waals surface area contributed by atoms with Gasteiger partial charge in [0.1, 0.15) is 0 Å². The van der Waals surface area contributed by atoms with Gasteiger partial charge in [-0.3, -0.25) is 4.79 Å². The first-order valence-corrected chi connectivity index (χ1v) is 7.49. The van der Waals surface area contributed by atoms with E-state index in [1.165, 1.54) is 0 Å². The molecule has 0 unspecified atom stereocenters. The first-order valence-electron chi connectivity index (χ1n) is 7.49. The van der Waals surface area contributed by atoms with Gasteiger partial charge < -0.3 is 0 Å². The fraction of sp³-hybridized carbons (Fsp3) is 0.158. The van der Waals surface area contributed by atoms with E-state index < -0.39 is 0 Å². The molecule has 2 aromatic rings. The molecule has 1 aliphatic rings. The number of benzene rings is 2. The van der Waals surface area contributed by atoms with E-state index in [-0.39, 0.29) is 11.8 Å². The maximum absolute atomic E-state index is 11.8. The first kappa shape index (κ1) is 14.3. The van der Waals surface area contributed by atoms with Gasteiger partial charge in [-0.2, -0.15) is 5.10 Å². The van der Waals surface area contributed by atoms with Crippen molar-refractivity contribution in [3.8, 4) is 0 Å². The highest BCUT2D eigenvalue weighted by Crippen LogP contribution is 2.28. The lowest BCUT2D eigenvalue weighted by Crippen LogP contribution is -2.20. The zero-order valence-corrected chi connectivity index (χ0v) is 12.3. The number of hydrazone groups is 1. The Morgan fingerprint density at radius 2 is 1.64 bits per heavy atom. The third kappa shape index (κ3) is 3.92. The Bertz CT molecular complexity index is 686. The molecule has 3 rings (SSSR count). The first-order chi connectivity index (χ1) is 10.8. The second-order valence-electron chi connectivity index (χ2n) is 5.36. The highest BCUT2D eigenvalue weighted by molar-refractivity contribution is 6.11. The Balaban J connectivity index is 1.81. The molecule has 0 saturated heterocycles. The van der Waals surface area contributed by atoms with Crippen molar-refractivity contribution < 1.29 is 4.79 Å². The highest BCUT2D eigenvalue weighted by atomic mass is 16.2. The lowest BCUT2D eigenvalue weighted by molar-refractivity contribution is -0.122. The third-order valence-electron chi connectivity index (χ3n) is 3.54. The molecule has 0 heterocycles. The van der Waals surface area contributed by atoms with Crippen LogP contribution in [0.5, 0.6) is 0 Å². The summed E-state index contributed by atoms with van der Waals surface area (Å²) in [7, 11) is 0. The number of nitrogens with one attached hydrogen (secondary N) is 1. The standard InChI is InChI=1S/C19H18N2O/c22-19(17-12-13-17)21-20-18(16-9-5-2-6-10-16)14-11-15-7-3-1-4-8-15/h1-11,14,17H,12-13H2,(H,21,22)/b14-11+,20-18+. The van der Waals surface area contributed by atoms with Crippen LogP contribution < -0.4 is 5.43 Å². The van der Waals surface area contributed by atoms with Gasteiger partial charge >= 0.3 is 0 Å². The summed E-state index contributed by atoms with van der Waals surface area (Å²) in [6.45, 7) is 0. The number of hydrogen-bond acceptors (Lipinski definition) is 2. The number of hydrogen-bond donors (Lipinski definition) is 1. The van der Waals surface area contributed by atoms with E-state index in [1.54, 1.807) is 0 Å². The summed E-state index contributed by atoms with van der Waals surface area (Å²) < 4.78 is 0. The Kier molecular flexibility index (Phi) is 4.44. The molecular weight excluding hydrogens is 272 g/mol.